The van der Waals surface area contributed by atoms with Gasteiger partial charge in [0, 0.05) is 19.3 Å². The van der Waals surface area contributed by atoms with E-state index >= 15 is 0 Å². The van der Waals surface area contributed by atoms with Crippen LogP contribution in [0, 0.1) is 6.92 Å². The fraction of sp³-hybridized carbons (Fsp3) is 0.294. The molecule has 0 aliphatic rings. The minimum atomic E-state index is 0.883. The number of ether oxygens (including phenoxy) is 1. The summed E-state index contributed by atoms with van der Waals surface area (Å²) in [5.41, 5.74) is 4.81. The minimum absolute atomic E-state index is 0.883. The first-order valence-corrected chi connectivity index (χ1v) is 6.78. The summed E-state index contributed by atoms with van der Waals surface area (Å²) in [6.45, 7) is 3.03. The maximum atomic E-state index is 5.44. The van der Waals surface area contributed by atoms with Crippen molar-refractivity contribution in [3.8, 4) is 5.75 Å². The predicted octanol–water partition coefficient (Wildman–Crippen LogP) is 3.49. The molecule has 0 heterocycles. The Morgan fingerprint density at radius 1 is 1.10 bits per heavy atom. The van der Waals surface area contributed by atoms with Gasteiger partial charge in [0.05, 0.1) is 12.8 Å². The van der Waals surface area contributed by atoms with E-state index in [0.29, 0.717) is 0 Å². The Labute approximate surface area is 121 Å². The fourth-order valence-corrected chi connectivity index (χ4v) is 2.44. The zero-order valence-corrected chi connectivity index (χ0v) is 12.6. The van der Waals surface area contributed by atoms with Crippen molar-refractivity contribution in [2.45, 2.75) is 13.5 Å². The Bertz CT molecular complexity index is 581. The molecule has 0 amide bonds. The molecular formula is C17H22N2O. The second-order valence-corrected chi connectivity index (χ2v) is 4.88. The van der Waals surface area contributed by atoms with E-state index in [9.17, 15) is 0 Å². The lowest BCUT2D eigenvalue weighted by Crippen LogP contribution is -2.13. The van der Waals surface area contributed by atoms with E-state index in [4.69, 9.17) is 4.74 Å². The van der Waals surface area contributed by atoms with Gasteiger partial charge in [0.1, 0.15) is 5.75 Å². The third-order valence-corrected chi connectivity index (χ3v) is 3.45. The van der Waals surface area contributed by atoms with E-state index in [1.807, 2.05) is 25.2 Å². The van der Waals surface area contributed by atoms with Gasteiger partial charge >= 0.3 is 0 Å². The van der Waals surface area contributed by atoms with Crippen LogP contribution in [-0.2, 0) is 6.54 Å². The van der Waals surface area contributed by atoms with Crippen molar-refractivity contribution in [1.29, 1.82) is 0 Å². The van der Waals surface area contributed by atoms with Crippen LogP contribution in [0.2, 0.25) is 0 Å². The number of methoxy groups -OCH3 is 1. The van der Waals surface area contributed by atoms with Crippen LogP contribution in [0.3, 0.4) is 0 Å². The largest absolute Gasteiger partial charge is 0.495 e. The van der Waals surface area contributed by atoms with Crippen LogP contribution in [0.15, 0.2) is 42.5 Å². The Morgan fingerprint density at radius 2 is 1.85 bits per heavy atom. The molecular weight excluding hydrogens is 248 g/mol. The highest BCUT2D eigenvalue weighted by Gasteiger charge is 2.11. The molecule has 1 N–H and O–H groups in total. The van der Waals surface area contributed by atoms with Crippen molar-refractivity contribution < 1.29 is 4.74 Å². The van der Waals surface area contributed by atoms with E-state index in [-0.39, 0.29) is 0 Å². The van der Waals surface area contributed by atoms with Gasteiger partial charge in [0.15, 0.2) is 0 Å². The van der Waals surface area contributed by atoms with Gasteiger partial charge in [-0.1, -0.05) is 24.3 Å². The van der Waals surface area contributed by atoms with Crippen molar-refractivity contribution in [2.24, 2.45) is 0 Å². The van der Waals surface area contributed by atoms with E-state index in [1.165, 1.54) is 16.8 Å². The molecule has 0 aliphatic carbocycles. The van der Waals surface area contributed by atoms with E-state index in [2.05, 4.69) is 48.5 Å². The molecule has 0 bridgehead atoms. The van der Waals surface area contributed by atoms with Crippen LogP contribution < -0.4 is 15.0 Å². The number of nitrogens with one attached hydrogen (secondary N) is 1. The van der Waals surface area contributed by atoms with Gasteiger partial charge in [0.25, 0.3) is 0 Å². The lowest BCUT2D eigenvalue weighted by molar-refractivity contribution is 0.415. The van der Waals surface area contributed by atoms with E-state index in [1.54, 1.807) is 7.11 Å². The van der Waals surface area contributed by atoms with Crippen LogP contribution in [0.5, 0.6) is 5.75 Å². The summed E-state index contributed by atoms with van der Waals surface area (Å²) in [5, 5.41) is 3.18. The van der Waals surface area contributed by atoms with Crippen molar-refractivity contribution in [1.82, 2.24) is 5.32 Å². The monoisotopic (exact) mass is 270 g/mol. The van der Waals surface area contributed by atoms with Gasteiger partial charge in [-0.05, 0) is 43.3 Å². The highest BCUT2D eigenvalue weighted by atomic mass is 16.5. The van der Waals surface area contributed by atoms with E-state index in [0.717, 1.165) is 18.0 Å². The number of para-hydroxylation sites is 2. The standard InChI is InChI=1S/C17H22N2O/c1-13-11-14(12-18-2)9-10-15(13)19(3)16-7-5-6-8-17(16)20-4/h5-11,18H,12H2,1-4H3. The van der Waals surface area contributed by atoms with Crippen LogP contribution >= 0.6 is 0 Å². The summed E-state index contributed by atoms with van der Waals surface area (Å²) in [6, 6.07) is 14.6. The molecule has 0 saturated heterocycles. The molecule has 2 rings (SSSR count). The Balaban J connectivity index is 2.35. The number of benzene rings is 2. The number of anilines is 2. The number of hydrogen-bond acceptors (Lipinski definition) is 3. The van der Waals surface area contributed by atoms with Crippen LogP contribution in [-0.4, -0.2) is 21.2 Å². The van der Waals surface area contributed by atoms with Crippen LogP contribution in [0.4, 0.5) is 11.4 Å². The first-order valence-electron chi connectivity index (χ1n) is 6.78. The molecule has 0 fully saturated rings. The average molecular weight is 270 g/mol. The van der Waals surface area contributed by atoms with Crippen LogP contribution in [0.1, 0.15) is 11.1 Å². The highest BCUT2D eigenvalue weighted by molar-refractivity contribution is 5.70. The quantitative estimate of drug-likeness (QED) is 0.900. The molecule has 0 aliphatic heterocycles. The molecule has 0 aromatic heterocycles. The Kier molecular flexibility index (Phi) is 4.64. The van der Waals surface area contributed by atoms with Gasteiger partial charge in [0.2, 0.25) is 0 Å². The van der Waals surface area contributed by atoms with Crippen molar-refractivity contribution in [2.75, 3.05) is 26.1 Å². The number of rotatable bonds is 5. The average Bonchev–Trinajstić information content (AvgIpc) is 2.47. The number of aryl methyl sites for hydroxylation is 1. The Morgan fingerprint density at radius 3 is 2.50 bits per heavy atom. The molecule has 0 saturated carbocycles. The van der Waals surface area contributed by atoms with Crippen molar-refractivity contribution in [3.63, 3.8) is 0 Å². The molecule has 20 heavy (non-hydrogen) atoms. The minimum Gasteiger partial charge on any atom is -0.495 e. The molecule has 0 unspecified atom stereocenters. The number of hydrogen-bond donors (Lipinski definition) is 1. The summed E-state index contributed by atoms with van der Waals surface area (Å²) in [6.07, 6.45) is 0. The fourth-order valence-electron chi connectivity index (χ4n) is 2.44. The summed E-state index contributed by atoms with van der Waals surface area (Å²) >= 11 is 0. The number of nitrogens with zero attached hydrogens (tertiary/aromatic N) is 1. The molecule has 0 atom stereocenters. The van der Waals surface area contributed by atoms with Gasteiger partial charge in [-0.2, -0.15) is 0 Å². The topological polar surface area (TPSA) is 24.5 Å². The zero-order valence-electron chi connectivity index (χ0n) is 12.6. The molecule has 2 aromatic rings. The van der Waals surface area contributed by atoms with Crippen LogP contribution in [0.25, 0.3) is 0 Å². The van der Waals surface area contributed by atoms with E-state index < -0.39 is 0 Å². The first kappa shape index (κ1) is 14.4. The summed E-state index contributed by atoms with van der Waals surface area (Å²) < 4.78 is 5.44. The molecule has 3 nitrogen and oxygen atoms in total. The third-order valence-electron chi connectivity index (χ3n) is 3.45. The first-order chi connectivity index (χ1) is 9.67. The van der Waals surface area contributed by atoms with Crippen molar-refractivity contribution in [3.05, 3.63) is 53.6 Å². The maximum absolute atomic E-state index is 5.44. The van der Waals surface area contributed by atoms with Crippen molar-refractivity contribution >= 4 is 11.4 Å². The zero-order chi connectivity index (χ0) is 14.5. The van der Waals surface area contributed by atoms with Gasteiger partial charge in [-0.3, -0.25) is 0 Å². The third kappa shape index (κ3) is 2.94. The summed E-state index contributed by atoms with van der Waals surface area (Å²) in [5.74, 6) is 0.883. The molecule has 0 radical (unpaired) electrons. The lowest BCUT2D eigenvalue weighted by atomic mass is 10.1. The molecule has 3 heteroatoms. The highest BCUT2D eigenvalue weighted by Crippen LogP contribution is 2.33. The van der Waals surface area contributed by atoms with Gasteiger partial charge in [-0.25, -0.2) is 0 Å². The van der Waals surface area contributed by atoms with Gasteiger partial charge < -0.3 is 15.0 Å². The molecule has 2 aromatic carbocycles. The smallest absolute Gasteiger partial charge is 0.142 e. The SMILES string of the molecule is CNCc1ccc(N(C)c2ccccc2OC)c(C)c1. The predicted molar refractivity (Wildman–Crippen MR) is 85.0 cm³/mol. The second kappa shape index (κ2) is 6.44. The normalized spacial score (nSPS) is 10.4. The molecule has 0 spiro atoms. The molecule has 106 valence electrons. The summed E-state index contributed by atoms with van der Waals surface area (Å²) in [7, 11) is 5.73. The second-order valence-electron chi connectivity index (χ2n) is 4.88. The lowest BCUT2D eigenvalue weighted by Gasteiger charge is -2.24. The van der Waals surface area contributed by atoms with Gasteiger partial charge in [-0.15, -0.1) is 0 Å². The Hall–Kier alpha value is -2.00. The maximum Gasteiger partial charge on any atom is 0.142 e. The summed E-state index contributed by atoms with van der Waals surface area (Å²) in [4.78, 5) is 2.16.